The van der Waals surface area contributed by atoms with Crippen molar-refractivity contribution in [1.29, 1.82) is 0 Å². The summed E-state index contributed by atoms with van der Waals surface area (Å²) >= 11 is 3.53. The molecule has 0 radical (unpaired) electrons. The van der Waals surface area contributed by atoms with Gasteiger partial charge < -0.3 is 14.5 Å². The fourth-order valence-electron chi connectivity index (χ4n) is 2.00. The van der Waals surface area contributed by atoms with Crippen molar-refractivity contribution in [2.45, 2.75) is 32.7 Å². The lowest BCUT2D eigenvalue weighted by Gasteiger charge is -2.06. The summed E-state index contributed by atoms with van der Waals surface area (Å²) < 4.78 is 12.0. The molecular weight excluding hydrogens is 332 g/mol. The fraction of sp³-hybridized carbons (Fsp3) is 0.438. The van der Waals surface area contributed by atoms with Gasteiger partial charge in [0.2, 0.25) is 0 Å². The Hall–Kier alpha value is -1.33. The molecule has 0 fully saturated rings. The SMILES string of the molecule is COc1ccc(Br)c(-c2cnc(CCCNC(C)C)o2)c1. The van der Waals surface area contributed by atoms with Crippen molar-refractivity contribution < 1.29 is 9.15 Å². The summed E-state index contributed by atoms with van der Waals surface area (Å²) in [5.41, 5.74) is 0.952. The largest absolute Gasteiger partial charge is 0.497 e. The van der Waals surface area contributed by atoms with Gasteiger partial charge in [0.25, 0.3) is 0 Å². The van der Waals surface area contributed by atoms with Crippen LogP contribution < -0.4 is 10.1 Å². The van der Waals surface area contributed by atoms with E-state index in [9.17, 15) is 0 Å². The molecule has 0 bridgehead atoms. The Morgan fingerprint density at radius 1 is 1.38 bits per heavy atom. The normalized spacial score (nSPS) is 11.1. The number of benzene rings is 1. The molecule has 0 aliphatic carbocycles. The maximum atomic E-state index is 5.83. The number of oxazole rings is 1. The van der Waals surface area contributed by atoms with E-state index >= 15 is 0 Å². The van der Waals surface area contributed by atoms with E-state index < -0.39 is 0 Å². The van der Waals surface area contributed by atoms with Gasteiger partial charge in [-0.25, -0.2) is 4.98 Å². The third-order valence-corrected chi connectivity index (χ3v) is 3.80. The first-order valence-electron chi connectivity index (χ1n) is 7.12. The van der Waals surface area contributed by atoms with Crippen LogP contribution in [0.5, 0.6) is 5.75 Å². The molecule has 21 heavy (non-hydrogen) atoms. The molecule has 0 spiro atoms. The van der Waals surface area contributed by atoms with Crippen LogP contribution in [0.2, 0.25) is 0 Å². The van der Waals surface area contributed by atoms with Gasteiger partial charge >= 0.3 is 0 Å². The van der Waals surface area contributed by atoms with Crippen LogP contribution in [-0.4, -0.2) is 24.7 Å². The first-order valence-corrected chi connectivity index (χ1v) is 7.91. The lowest BCUT2D eigenvalue weighted by molar-refractivity contribution is 0.414. The Bertz CT molecular complexity index is 581. The highest BCUT2D eigenvalue weighted by molar-refractivity contribution is 9.10. The number of hydrogen-bond donors (Lipinski definition) is 1. The molecule has 0 aliphatic heterocycles. The second kappa shape index (κ2) is 7.61. The van der Waals surface area contributed by atoms with Gasteiger partial charge in [-0.1, -0.05) is 29.8 Å². The van der Waals surface area contributed by atoms with Crippen LogP contribution in [0.3, 0.4) is 0 Å². The van der Waals surface area contributed by atoms with E-state index in [1.54, 1.807) is 13.3 Å². The summed E-state index contributed by atoms with van der Waals surface area (Å²) in [6.45, 7) is 5.26. The molecule has 0 saturated heterocycles. The average Bonchev–Trinajstić information content (AvgIpc) is 2.92. The van der Waals surface area contributed by atoms with Crippen LogP contribution in [0.4, 0.5) is 0 Å². The van der Waals surface area contributed by atoms with Crippen molar-refractivity contribution in [3.63, 3.8) is 0 Å². The quantitative estimate of drug-likeness (QED) is 0.763. The molecule has 4 nitrogen and oxygen atoms in total. The summed E-state index contributed by atoms with van der Waals surface area (Å²) in [7, 11) is 1.65. The van der Waals surface area contributed by atoms with Crippen LogP contribution in [0.1, 0.15) is 26.2 Å². The lowest BCUT2D eigenvalue weighted by Crippen LogP contribution is -2.23. The zero-order valence-electron chi connectivity index (χ0n) is 12.6. The van der Waals surface area contributed by atoms with E-state index in [0.29, 0.717) is 6.04 Å². The third kappa shape index (κ3) is 4.58. The molecule has 2 rings (SSSR count). The lowest BCUT2D eigenvalue weighted by atomic mass is 10.2. The maximum Gasteiger partial charge on any atom is 0.194 e. The fourth-order valence-corrected chi connectivity index (χ4v) is 2.44. The molecule has 0 saturated carbocycles. The molecule has 1 N–H and O–H groups in total. The van der Waals surface area contributed by atoms with Crippen molar-refractivity contribution in [2.24, 2.45) is 0 Å². The molecular formula is C16H21BrN2O2. The van der Waals surface area contributed by atoms with Crippen LogP contribution >= 0.6 is 15.9 Å². The standard InChI is InChI=1S/C16H21BrN2O2/c1-11(2)18-8-4-5-16-19-10-15(21-16)13-9-12(20-3)6-7-14(13)17/h6-7,9-11,18H,4-5,8H2,1-3H3. The first kappa shape index (κ1) is 16.0. The van der Waals surface area contributed by atoms with Gasteiger partial charge in [0, 0.05) is 22.5 Å². The van der Waals surface area contributed by atoms with E-state index in [2.05, 4.69) is 40.1 Å². The number of nitrogens with zero attached hydrogens (tertiary/aromatic N) is 1. The molecule has 0 aliphatic rings. The number of rotatable bonds is 7. The minimum Gasteiger partial charge on any atom is -0.497 e. The summed E-state index contributed by atoms with van der Waals surface area (Å²) in [4.78, 5) is 4.35. The number of nitrogens with one attached hydrogen (secondary N) is 1. The second-order valence-corrected chi connectivity index (χ2v) is 6.03. The Kier molecular flexibility index (Phi) is 5.82. The predicted octanol–water partition coefficient (Wildman–Crippen LogP) is 4.04. The molecule has 2 aromatic rings. The van der Waals surface area contributed by atoms with E-state index in [-0.39, 0.29) is 0 Å². The summed E-state index contributed by atoms with van der Waals surface area (Å²) in [6.07, 6.45) is 3.61. The average molecular weight is 353 g/mol. The molecule has 114 valence electrons. The number of hydrogen-bond acceptors (Lipinski definition) is 4. The van der Waals surface area contributed by atoms with Gasteiger partial charge in [-0.2, -0.15) is 0 Å². The van der Waals surface area contributed by atoms with Gasteiger partial charge in [-0.15, -0.1) is 0 Å². The Balaban J connectivity index is 2.02. The minimum absolute atomic E-state index is 0.512. The zero-order valence-corrected chi connectivity index (χ0v) is 14.2. The summed E-state index contributed by atoms with van der Waals surface area (Å²) in [6, 6.07) is 6.30. The highest BCUT2D eigenvalue weighted by Gasteiger charge is 2.11. The second-order valence-electron chi connectivity index (χ2n) is 5.18. The van der Waals surface area contributed by atoms with Crippen molar-refractivity contribution >= 4 is 15.9 Å². The summed E-state index contributed by atoms with van der Waals surface area (Å²) in [5.74, 6) is 2.32. The number of ether oxygens (including phenoxy) is 1. The smallest absolute Gasteiger partial charge is 0.194 e. The molecule has 1 heterocycles. The molecule has 1 aromatic heterocycles. The van der Waals surface area contributed by atoms with Crippen LogP contribution in [-0.2, 0) is 6.42 Å². The molecule has 0 unspecified atom stereocenters. The topological polar surface area (TPSA) is 47.3 Å². The monoisotopic (exact) mass is 352 g/mol. The summed E-state index contributed by atoms with van der Waals surface area (Å²) in [5, 5.41) is 3.38. The van der Waals surface area contributed by atoms with Gasteiger partial charge in [-0.3, -0.25) is 0 Å². The van der Waals surface area contributed by atoms with Crippen molar-refractivity contribution in [3.05, 3.63) is 34.8 Å². The highest BCUT2D eigenvalue weighted by Crippen LogP contribution is 2.32. The van der Waals surface area contributed by atoms with Gasteiger partial charge in [0.05, 0.1) is 13.3 Å². The van der Waals surface area contributed by atoms with E-state index in [4.69, 9.17) is 9.15 Å². The predicted molar refractivity (Wildman–Crippen MR) is 87.7 cm³/mol. The van der Waals surface area contributed by atoms with E-state index in [0.717, 1.165) is 46.8 Å². The Morgan fingerprint density at radius 2 is 2.19 bits per heavy atom. The Labute approximate surface area is 134 Å². The Morgan fingerprint density at radius 3 is 2.90 bits per heavy atom. The van der Waals surface area contributed by atoms with E-state index in [1.165, 1.54) is 0 Å². The van der Waals surface area contributed by atoms with Gasteiger partial charge in [-0.05, 0) is 31.2 Å². The number of aryl methyl sites for hydroxylation is 1. The first-order chi connectivity index (χ1) is 10.1. The van der Waals surface area contributed by atoms with Crippen molar-refractivity contribution in [1.82, 2.24) is 10.3 Å². The number of methoxy groups -OCH3 is 1. The van der Waals surface area contributed by atoms with Crippen LogP contribution in [0, 0.1) is 0 Å². The van der Waals surface area contributed by atoms with Crippen molar-refractivity contribution in [3.8, 4) is 17.1 Å². The molecule has 1 aromatic carbocycles. The molecule has 0 atom stereocenters. The van der Waals surface area contributed by atoms with Crippen molar-refractivity contribution in [2.75, 3.05) is 13.7 Å². The highest BCUT2D eigenvalue weighted by atomic mass is 79.9. The third-order valence-electron chi connectivity index (χ3n) is 3.11. The van der Waals surface area contributed by atoms with Gasteiger partial charge in [0.1, 0.15) is 5.75 Å². The maximum absolute atomic E-state index is 5.83. The van der Waals surface area contributed by atoms with E-state index in [1.807, 2.05) is 18.2 Å². The molecule has 5 heteroatoms. The van der Waals surface area contributed by atoms with Gasteiger partial charge in [0.15, 0.2) is 11.7 Å². The molecule has 0 amide bonds. The number of aromatic nitrogens is 1. The minimum atomic E-state index is 0.512. The zero-order chi connectivity index (χ0) is 15.2. The van der Waals surface area contributed by atoms with Crippen LogP contribution in [0.25, 0.3) is 11.3 Å². The van der Waals surface area contributed by atoms with Crippen LogP contribution in [0.15, 0.2) is 33.3 Å². The number of halogens is 1.